The molecular formula is C13H25N3O3. The molecule has 1 unspecified atom stereocenters. The summed E-state index contributed by atoms with van der Waals surface area (Å²) >= 11 is 0. The third-order valence-corrected chi connectivity index (χ3v) is 3.47. The van der Waals surface area contributed by atoms with Crippen molar-refractivity contribution in [3.63, 3.8) is 0 Å². The molecule has 0 aromatic rings. The van der Waals surface area contributed by atoms with Crippen LogP contribution in [0.2, 0.25) is 0 Å². The maximum Gasteiger partial charge on any atom is 0.407 e. The van der Waals surface area contributed by atoms with Crippen molar-refractivity contribution in [2.45, 2.75) is 45.2 Å². The van der Waals surface area contributed by atoms with E-state index in [2.05, 4.69) is 10.6 Å². The van der Waals surface area contributed by atoms with Crippen molar-refractivity contribution < 1.29 is 14.3 Å². The Morgan fingerprint density at radius 3 is 2.68 bits per heavy atom. The van der Waals surface area contributed by atoms with Crippen molar-refractivity contribution in [2.75, 3.05) is 26.7 Å². The molecule has 0 spiro atoms. The first-order valence-electron chi connectivity index (χ1n) is 6.82. The number of carbonyl (C=O) groups excluding carboxylic acids is 2. The van der Waals surface area contributed by atoms with E-state index in [4.69, 9.17) is 4.74 Å². The molecule has 6 nitrogen and oxygen atoms in total. The van der Waals surface area contributed by atoms with E-state index in [-0.39, 0.29) is 11.9 Å². The monoisotopic (exact) mass is 271 g/mol. The smallest absolute Gasteiger partial charge is 0.407 e. The molecule has 1 rings (SSSR count). The van der Waals surface area contributed by atoms with Gasteiger partial charge in [-0.25, -0.2) is 4.79 Å². The first-order chi connectivity index (χ1) is 8.90. The van der Waals surface area contributed by atoms with Gasteiger partial charge in [0.1, 0.15) is 0 Å². The van der Waals surface area contributed by atoms with Crippen molar-refractivity contribution in [2.24, 2.45) is 0 Å². The molecule has 2 amide bonds. The Morgan fingerprint density at radius 2 is 2.11 bits per heavy atom. The van der Waals surface area contributed by atoms with E-state index in [9.17, 15) is 9.59 Å². The van der Waals surface area contributed by atoms with Crippen LogP contribution in [0.1, 0.15) is 33.6 Å². The Kier molecular flexibility index (Phi) is 5.60. The quantitative estimate of drug-likeness (QED) is 0.790. The van der Waals surface area contributed by atoms with E-state index in [0.29, 0.717) is 13.2 Å². The molecule has 1 saturated heterocycles. The normalized spacial score (nSPS) is 20.0. The summed E-state index contributed by atoms with van der Waals surface area (Å²) in [6, 6.07) is -0.0237. The Bertz CT molecular complexity index is 331. The summed E-state index contributed by atoms with van der Waals surface area (Å²) in [5.41, 5.74) is -0.578. The zero-order chi connectivity index (χ0) is 14.5. The summed E-state index contributed by atoms with van der Waals surface area (Å²) in [7, 11) is 1.77. The second kappa shape index (κ2) is 6.75. The van der Waals surface area contributed by atoms with Gasteiger partial charge in [-0.3, -0.25) is 4.79 Å². The number of likely N-dealkylation sites (tertiary alicyclic amines) is 1. The fourth-order valence-electron chi connectivity index (χ4n) is 2.12. The highest BCUT2D eigenvalue weighted by molar-refractivity contribution is 5.85. The number of nitrogens with zero attached hydrogens (tertiary/aromatic N) is 1. The fraction of sp³-hybridized carbons (Fsp3) is 0.846. The van der Waals surface area contributed by atoms with Gasteiger partial charge in [0.15, 0.2) is 0 Å². The van der Waals surface area contributed by atoms with Crippen LogP contribution in [0.4, 0.5) is 4.79 Å². The van der Waals surface area contributed by atoms with Crippen molar-refractivity contribution in [3.8, 4) is 0 Å². The predicted molar refractivity (Wildman–Crippen MR) is 72.9 cm³/mol. The summed E-state index contributed by atoms with van der Waals surface area (Å²) < 4.78 is 4.86. The lowest BCUT2D eigenvalue weighted by Gasteiger charge is -2.37. The molecule has 0 aromatic heterocycles. The lowest BCUT2D eigenvalue weighted by molar-refractivity contribution is -0.138. The SMILES string of the molecule is CCOC(=O)NC1CCCN(C(=O)C(C)(C)NC)C1. The van der Waals surface area contributed by atoms with Crippen molar-refractivity contribution >= 4 is 12.0 Å². The number of rotatable bonds is 4. The van der Waals surface area contributed by atoms with E-state index < -0.39 is 11.6 Å². The molecule has 1 heterocycles. The van der Waals surface area contributed by atoms with Gasteiger partial charge in [0, 0.05) is 19.1 Å². The lowest BCUT2D eigenvalue weighted by Crippen LogP contribution is -2.57. The number of hydrogen-bond donors (Lipinski definition) is 2. The number of carbonyl (C=O) groups is 2. The number of likely N-dealkylation sites (N-methyl/N-ethyl adjacent to an activating group) is 1. The minimum Gasteiger partial charge on any atom is -0.450 e. The Balaban J connectivity index is 2.55. The molecule has 0 saturated carbocycles. The zero-order valence-corrected chi connectivity index (χ0v) is 12.3. The van der Waals surface area contributed by atoms with Gasteiger partial charge in [-0.15, -0.1) is 0 Å². The van der Waals surface area contributed by atoms with E-state index in [0.717, 1.165) is 19.4 Å². The predicted octanol–water partition coefficient (Wildman–Crippen LogP) is 0.722. The topological polar surface area (TPSA) is 70.7 Å². The summed E-state index contributed by atoms with van der Waals surface area (Å²) in [6.07, 6.45) is 1.36. The molecule has 2 N–H and O–H groups in total. The summed E-state index contributed by atoms with van der Waals surface area (Å²) in [5.74, 6) is 0.0605. The average Bonchev–Trinajstić information content (AvgIpc) is 2.38. The Labute approximate surface area is 114 Å². The van der Waals surface area contributed by atoms with Crippen LogP contribution in [0, 0.1) is 0 Å². The molecule has 0 bridgehead atoms. The van der Waals surface area contributed by atoms with E-state index in [1.807, 2.05) is 13.8 Å². The molecule has 1 aliphatic rings. The highest BCUT2D eigenvalue weighted by Gasteiger charge is 2.33. The highest BCUT2D eigenvalue weighted by Crippen LogP contribution is 2.15. The van der Waals surface area contributed by atoms with Crippen LogP contribution in [0.25, 0.3) is 0 Å². The fourth-order valence-corrected chi connectivity index (χ4v) is 2.12. The van der Waals surface area contributed by atoms with Crippen molar-refractivity contribution in [1.82, 2.24) is 15.5 Å². The van der Waals surface area contributed by atoms with Gasteiger partial charge in [0.05, 0.1) is 12.1 Å². The lowest BCUT2D eigenvalue weighted by atomic mass is 9.99. The molecule has 0 aromatic carbocycles. The van der Waals surface area contributed by atoms with Crippen LogP contribution >= 0.6 is 0 Å². The number of alkyl carbamates (subject to hydrolysis) is 1. The number of hydrogen-bond acceptors (Lipinski definition) is 4. The number of ether oxygens (including phenoxy) is 1. The maximum atomic E-state index is 12.3. The summed E-state index contributed by atoms with van der Waals surface area (Å²) in [4.78, 5) is 25.5. The second-order valence-corrected chi connectivity index (χ2v) is 5.33. The van der Waals surface area contributed by atoms with Crippen molar-refractivity contribution in [1.29, 1.82) is 0 Å². The summed E-state index contributed by atoms with van der Waals surface area (Å²) in [5, 5.41) is 5.81. The number of amides is 2. The standard InChI is InChI=1S/C13H25N3O3/c1-5-19-12(18)15-10-7-6-8-16(9-10)11(17)13(2,3)14-4/h10,14H,5-9H2,1-4H3,(H,15,18). The Hall–Kier alpha value is -1.30. The highest BCUT2D eigenvalue weighted by atomic mass is 16.5. The molecular weight excluding hydrogens is 246 g/mol. The second-order valence-electron chi connectivity index (χ2n) is 5.33. The number of nitrogens with one attached hydrogen (secondary N) is 2. The van der Waals surface area contributed by atoms with Gasteiger partial charge in [-0.05, 0) is 40.7 Å². The molecule has 19 heavy (non-hydrogen) atoms. The van der Waals surface area contributed by atoms with Gasteiger partial charge in [-0.1, -0.05) is 0 Å². The minimum absolute atomic E-state index is 0.0237. The molecule has 6 heteroatoms. The molecule has 0 aliphatic carbocycles. The van der Waals surface area contributed by atoms with Gasteiger partial charge >= 0.3 is 6.09 Å². The van der Waals surface area contributed by atoms with Crippen molar-refractivity contribution in [3.05, 3.63) is 0 Å². The van der Waals surface area contributed by atoms with Crippen LogP contribution in [-0.2, 0) is 9.53 Å². The van der Waals surface area contributed by atoms with Gasteiger partial charge < -0.3 is 20.3 Å². The van der Waals surface area contributed by atoms with E-state index >= 15 is 0 Å². The first kappa shape index (κ1) is 15.8. The van der Waals surface area contributed by atoms with Crippen LogP contribution in [-0.4, -0.2) is 55.2 Å². The molecule has 1 aliphatic heterocycles. The maximum absolute atomic E-state index is 12.3. The van der Waals surface area contributed by atoms with Gasteiger partial charge in [-0.2, -0.15) is 0 Å². The number of piperidine rings is 1. The van der Waals surface area contributed by atoms with Gasteiger partial charge in [0.25, 0.3) is 0 Å². The third-order valence-electron chi connectivity index (χ3n) is 3.47. The third kappa shape index (κ3) is 4.38. The molecule has 0 radical (unpaired) electrons. The van der Waals surface area contributed by atoms with Crippen LogP contribution < -0.4 is 10.6 Å². The average molecular weight is 271 g/mol. The van der Waals surface area contributed by atoms with Gasteiger partial charge in [0.2, 0.25) is 5.91 Å². The van der Waals surface area contributed by atoms with E-state index in [1.54, 1.807) is 18.9 Å². The van der Waals surface area contributed by atoms with Crippen LogP contribution in [0.5, 0.6) is 0 Å². The minimum atomic E-state index is -0.578. The van der Waals surface area contributed by atoms with Crippen LogP contribution in [0.15, 0.2) is 0 Å². The summed E-state index contributed by atoms with van der Waals surface area (Å²) in [6.45, 7) is 7.13. The van der Waals surface area contributed by atoms with E-state index in [1.165, 1.54) is 0 Å². The molecule has 110 valence electrons. The molecule has 1 fully saturated rings. The molecule has 1 atom stereocenters. The van der Waals surface area contributed by atoms with Crippen LogP contribution in [0.3, 0.4) is 0 Å². The first-order valence-corrected chi connectivity index (χ1v) is 6.82. The largest absolute Gasteiger partial charge is 0.450 e. The zero-order valence-electron chi connectivity index (χ0n) is 12.3. The Morgan fingerprint density at radius 1 is 1.42 bits per heavy atom.